The van der Waals surface area contributed by atoms with Gasteiger partial charge in [0.2, 0.25) is 0 Å². The summed E-state index contributed by atoms with van der Waals surface area (Å²) in [7, 11) is -3.60. The Balaban J connectivity index is 1.68. The molecule has 0 spiro atoms. The van der Waals surface area contributed by atoms with Crippen LogP contribution in [-0.2, 0) is 10.2 Å². The summed E-state index contributed by atoms with van der Waals surface area (Å²) >= 11 is 0. The molecule has 1 aliphatic heterocycles. The van der Waals surface area contributed by atoms with Gasteiger partial charge in [-0.05, 0) is 31.7 Å². The summed E-state index contributed by atoms with van der Waals surface area (Å²) in [5.41, 5.74) is 1.91. The Morgan fingerprint density at radius 1 is 1.41 bits per heavy atom. The van der Waals surface area contributed by atoms with Gasteiger partial charge in [-0.2, -0.15) is 8.42 Å². The third-order valence-corrected chi connectivity index (χ3v) is 4.60. The van der Waals surface area contributed by atoms with E-state index in [1.165, 1.54) is 0 Å². The molecule has 2 aromatic rings. The summed E-state index contributed by atoms with van der Waals surface area (Å²) in [6, 6.07) is 2.05. The number of rotatable bonds is 4. The molecule has 22 heavy (non-hydrogen) atoms. The van der Waals surface area contributed by atoms with Crippen LogP contribution in [0, 0.1) is 12.8 Å². The van der Waals surface area contributed by atoms with Crippen LogP contribution in [0.2, 0.25) is 0 Å². The molecule has 1 aliphatic rings. The summed E-state index contributed by atoms with van der Waals surface area (Å²) in [4.78, 5) is 14.1. The van der Waals surface area contributed by atoms with Crippen LogP contribution in [0.5, 0.6) is 0 Å². The standard InChI is InChI=1S/C13H20N6O2S/c1-9-6-11-12(18-9)15-8-16-13(11)19-4-2-10(3-5-19)7-17-22(14,20)21/h6,8,10,17H,2-5,7H2,1H3,(H2,14,20,21)(H,15,16,18). The average molecular weight is 324 g/mol. The summed E-state index contributed by atoms with van der Waals surface area (Å²) < 4.78 is 24.3. The summed E-state index contributed by atoms with van der Waals surface area (Å²) in [5.74, 6) is 1.24. The van der Waals surface area contributed by atoms with Crippen molar-refractivity contribution in [1.82, 2.24) is 19.7 Å². The first-order valence-corrected chi connectivity index (χ1v) is 8.79. The second kappa shape index (κ2) is 5.82. The van der Waals surface area contributed by atoms with Crippen molar-refractivity contribution >= 4 is 27.1 Å². The van der Waals surface area contributed by atoms with E-state index in [1.54, 1.807) is 6.33 Å². The van der Waals surface area contributed by atoms with Gasteiger partial charge in [-0.3, -0.25) is 0 Å². The van der Waals surface area contributed by atoms with Gasteiger partial charge in [0.25, 0.3) is 10.2 Å². The number of aryl methyl sites for hydroxylation is 1. The monoisotopic (exact) mass is 324 g/mol. The largest absolute Gasteiger partial charge is 0.356 e. The number of aromatic nitrogens is 3. The molecule has 0 atom stereocenters. The molecular formula is C13H20N6O2S. The zero-order valence-corrected chi connectivity index (χ0v) is 13.2. The Bertz CT molecular complexity index is 764. The van der Waals surface area contributed by atoms with Crippen molar-refractivity contribution in [2.24, 2.45) is 11.1 Å². The van der Waals surface area contributed by atoms with E-state index >= 15 is 0 Å². The van der Waals surface area contributed by atoms with Crippen molar-refractivity contribution in [3.63, 3.8) is 0 Å². The van der Waals surface area contributed by atoms with E-state index in [0.717, 1.165) is 48.5 Å². The Hall–Kier alpha value is -1.71. The number of hydrogen-bond donors (Lipinski definition) is 3. The Labute approximate surface area is 129 Å². The van der Waals surface area contributed by atoms with Gasteiger partial charge < -0.3 is 9.88 Å². The highest BCUT2D eigenvalue weighted by atomic mass is 32.2. The molecule has 8 nitrogen and oxygen atoms in total. The number of anilines is 1. The van der Waals surface area contributed by atoms with Crippen molar-refractivity contribution in [1.29, 1.82) is 0 Å². The highest BCUT2D eigenvalue weighted by Crippen LogP contribution is 2.27. The lowest BCUT2D eigenvalue weighted by atomic mass is 9.97. The van der Waals surface area contributed by atoms with Gasteiger partial charge in [-0.25, -0.2) is 19.8 Å². The average Bonchev–Trinajstić information content (AvgIpc) is 2.85. The van der Waals surface area contributed by atoms with Gasteiger partial charge in [-0.1, -0.05) is 0 Å². The molecule has 0 radical (unpaired) electrons. The minimum Gasteiger partial charge on any atom is -0.356 e. The van der Waals surface area contributed by atoms with Crippen LogP contribution < -0.4 is 14.8 Å². The van der Waals surface area contributed by atoms with E-state index in [0.29, 0.717) is 12.5 Å². The number of nitrogens with zero attached hydrogens (tertiary/aromatic N) is 3. The molecular weight excluding hydrogens is 304 g/mol. The lowest BCUT2D eigenvalue weighted by molar-refractivity contribution is 0.401. The summed E-state index contributed by atoms with van der Waals surface area (Å²) in [6.07, 6.45) is 3.37. The van der Waals surface area contributed by atoms with Gasteiger partial charge in [0.15, 0.2) is 0 Å². The maximum Gasteiger partial charge on any atom is 0.274 e. The topological polar surface area (TPSA) is 117 Å². The van der Waals surface area contributed by atoms with Crippen LogP contribution in [0.15, 0.2) is 12.4 Å². The first kappa shape index (κ1) is 15.2. The quantitative estimate of drug-likeness (QED) is 0.746. The number of nitrogens with two attached hydrogens (primary N) is 1. The number of nitrogens with one attached hydrogen (secondary N) is 2. The Morgan fingerprint density at radius 2 is 2.14 bits per heavy atom. The number of fused-ring (bicyclic) bond motifs is 1. The normalized spacial score (nSPS) is 17.3. The highest BCUT2D eigenvalue weighted by molar-refractivity contribution is 7.87. The van der Waals surface area contributed by atoms with E-state index < -0.39 is 10.2 Å². The number of aromatic amines is 1. The van der Waals surface area contributed by atoms with Crippen molar-refractivity contribution < 1.29 is 8.42 Å². The second-order valence-corrected chi connectivity index (χ2v) is 7.11. The minimum atomic E-state index is -3.60. The lowest BCUT2D eigenvalue weighted by Gasteiger charge is -2.32. The fourth-order valence-corrected chi connectivity index (χ4v) is 3.36. The van der Waals surface area contributed by atoms with Crippen LogP contribution in [0.25, 0.3) is 11.0 Å². The van der Waals surface area contributed by atoms with Crippen LogP contribution in [0.1, 0.15) is 18.5 Å². The zero-order valence-electron chi connectivity index (χ0n) is 12.4. The molecule has 4 N–H and O–H groups in total. The van der Waals surface area contributed by atoms with Gasteiger partial charge >= 0.3 is 0 Å². The predicted molar refractivity (Wildman–Crippen MR) is 84.7 cm³/mol. The molecule has 0 aromatic carbocycles. The molecule has 9 heteroatoms. The third kappa shape index (κ3) is 3.37. The minimum absolute atomic E-state index is 0.305. The predicted octanol–water partition coefficient (Wildman–Crippen LogP) is 0.276. The third-order valence-electron chi connectivity index (χ3n) is 4.03. The number of hydrogen-bond acceptors (Lipinski definition) is 5. The molecule has 2 aromatic heterocycles. The zero-order chi connectivity index (χ0) is 15.7. The first-order valence-electron chi connectivity index (χ1n) is 7.25. The molecule has 0 aliphatic carbocycles. The molecule has 3 rings (SSSR count). The van der Waals surface area contributed by atoms with Gasteiger partial charge in [0.1, 0.15) is 17.8 Å². The number of H-pyrrole nitrogens is 1. The molecule has 0 saturated carbocycles. The van der Waals surface area contributed by atoms with Crippen molar-refractivity contribution in [3.8, 4) is 0 Å². The molecule has 3 heterocycles. The van der Waals surface area contributed by atoms with E-state index in [2.05, 4.69) is 30.6 Å². The molecule has 1 saturated heterocycles. The fourth-order valence-electron chi connectivity index (χ4n) is 2.89. The maximum absolute atomic E-state index is 10.9. The van der Waals surface area contributed by atoms with Crippen LogP contribution in [-0.4, -0.2) is 43.0 Å². The van der Waals surface area contributed by atoms with Crippen molar-refractivity contribution in [2.45, 2.75) is 19.8 Å². The smallest absolute Gasteiger partial charge is 0.274 e. The Kier molecular flexibility index (Phi) is 4.02. The Morgan fingerprint density at radius 3 is 2.82 bits per heavy atom. The summed E-state index contributed by atoms with van der Waals surface area (Å²) in [6.45, 7) is 4.08. The second-order valence-electron chi connectivity index (χ2n) is 5.74. The van der Waals surface area contributed by atoms with E-state index in [9.17, 15) is 8.42 Å². The first-order chi connectivity index (χ1) is 10.4. The van der Waals surface area contributed by atoms with Crippen molar-refractivity contribution in [3.05, 3.63) is 18.1 Å². The molecule has 1 fully saturated rings. The van der Waals surface area contributed by atoms with E-state index in [4.69, 9.17) is 5.14 Å². The number of piperidine rings is 1. The van der Waals surface area contributed by atoms with Gasteiger partial charge in [-0.15, -0.1) is 0 Å². The highest BCUT2D eigenvalue weighted by Gasteiger charge is 2.22. The maximum atomic E-state index is 10.9. The van der Waals surface area contributed by atoms with Crippen molar-refractivity contribution in [2.75, 3.05) is 24.5 Å². The van der Waals surface area contributed by atoms with Crippen LogP contribution in [0.4, 0.5) is 5.82 Å². The summed E-state index contributed by atoms with van der Waals surface area (Å²) in [5, 5.41) is 5.99. The van der Waals surface area contributed by atoms with E-state index in [-0.39, 0.29) is 0 Å². The van der Waals surface area contributed by atoms with Crippen LogP contribution >= 0.6 is 0 Å². The molecule has 0 amide bonds. The van der Waals surface area contributed by atoms with Crippen LogP contribution in [0.3, 0.4) is 0 Å². The molecule has 120 valence electrons. The molecule has 0 bridgehead atoms. The fraction of sp³-hybridized carbons (Fsp3) is 0.538. The van der Waals surface area contributed by atoms with Gasteiger partial charge in [0, 0.05) is 25.3 Å². The molecule has 0 unspecified atom stereocenters. The van der Waals surface area contributed by atoms with Gasteiger partial charge in [0.05, 0.1) is 5.39 Å². The lowest BCUT2D eigenvalue weighted by Crippen LogP contribution is -2.40. The van der Waals surface area contributed by atoms with E-state index in [1.807, 2.05) is 6.92 Å². The SMILES string of the molecule is Cc1cc2c(N3CCC(CNS(N)(=O)=O)CC3)ncnc2[nH]1.